The van der Waals surface area contributed by atoms with Crippen LogP contribution < -0.4 is 10.3 Å². The number of H-pyrrole nitrogens is 2. The van der Waals surface area contributed by atoms with E-state index in [0.29, 0.717) is 38.7 Å². The molecule has 6 nitrogen and oxygen atoms in total. The molecule has 2 aromatic heterocycles. The molecule has 2 N–H and O–H groups in total. The predicted octanol–water partition coefficient (Wildman–Crippen LogP) is 5.73. The van der Waals surface area contributed by atoms with Crippen molar-refractivity contribution in [2.45, 2.75) is 13.8 Å². The van der Waals surface area contributed by atoms with Crippen LogP contribution in [-0.2, 0) is 4.74 Å². The summed E-state index contributed by atoms with van der Waals surface area (Å²) in [5, 5.41) is 1.08. The molecule has 0 spiro atoms. The molecular weight excluding hydrogens is 442 g/mol. The quantitative estimate of drug-likeness (QED) is 0.374. The number of aromatic amines is 2. The van der Waals surface area contributed by atoms with Crippen molar-refractivity contribution < 1.29 is 23.0 Å². The number of aryl methyl sites for hydroxylation is 1. The number of halogens is 3. The fourth-order valence-electron chi connectivity index (χ4n) is 3.49. The number of carbonyl (C=O) groups is 1. The maximum Gasteiger partial charge on any atom is 0.355 e. The Kier molecular flexibility index (Phi) is 5.71. The van der Waals surface area contributed by atoms with Gasteiger partial charge in [-0.15, -0.1) is 0 Å². The van der Waals surface area contributed by atoms with Gasteiger partial charge in [0.1, 0.15) is 17.3 Å². The first-order valence-corrected chi connectivity index (χ1v) is 10.0. The predicted molar refractivity (Wildman–Crippen MR) is 116 cm³/mol. The molecule has 4 rings (SSSR count). The van der Waals surface area contributed by atoms with Gasteiger partial charge in [0, 0.05) is 39.5 Å². The van der Waals surface area contributed by atoms with E-state index >= 15 is 0 Å². The molecule has 32 heavy (non-hydrogen) atoms. The molecule has 0 saturated heterocycles. The van der Waals surface area contributed by atoms with E-state index in [2.05, 4.69) is 9.97 Å². The molecule has 0 fully saturated rings. The van der Waals surface area contributed by atoms with Gasteiger partial charge in [-0.3, -0.25) is 4.79 Å². The van der Waals surface area contributed by atoms with Crippen LogP contribution in [-0.4, -0.2) is 22.5 Å². The lowest BCUT2D eigenvalue weighted by Gasteiger charge is -2.16. The smallest absolute Gasteiger partial charge is 0.355 e. The molecule has 0 amide bonds. The van der Waals surface area contributed by atoms with Gasteiger partial charge in [-0.25, -0.2) is 13.6 Å². The van der Waals surface area contributed by atoms with Gasteiger partial charge in [0.05, 0.1) is 12.0 Å². The van der Waals surface area contributed by atoms with Crippen LogP contribution in [0.5, 0.6) is 11.5 Å². The van der Waals surface area contributed by atoms with Crippen LogP contribution in [0.15, 0.2) is 47.4 Å². The summed E-state index contributed by atoms with van der Waals surface area (Å²) in [5.41, 5.74) is 0.619. The molecule has 0 aliphatic rings. The van der Waals surface area contributed by atoms with Gasteiger partial charge in [-0.2, -0.15) is 0 Å². The summed E-state index contributed by atoms with van der Waals surface area (Å²) >= 11 is 6.23. The highest BCUT2D eigenvalue weighted by atomic mass is 35.5. The van der Waals surface area contributed by atoms with Crippen molar-refractivity contribution in [3.63, 3.8) is 0 Å². The zero-order valence-electron chi connectivity index (χ0n) is 17.0. The van der Waals surface area contributed by atoms with E-state index in [1.165, 1.54) is 18.2 Å². The van der Waals surface area contributed by atoms with Crippen LogP contribution >= 0.6 is 11.6 Å². The van der Waals surface area contributed by atoms with Crippen molar-refractivity contribution in [3.8, 4) is 22.6 Å². The number of nitrogens with one attached hydrogen (secondary N) is 2. The average molecular weight is 459 g/mol. The molecule has 164 valence electrons. The molecule has 2 heterocycles. The number of pyridine rings is 1. The SMILES string of the molecule is CCOC(=O)c1[nH]c(=O)c2c(C)[nH]cc2c1-c1cc(Cl)ccc1Oc1ccc(F)cc1F. The van der Waals surface area contributed by atoms with Crippen LogP contribution in [0.1, 0.15) is 23.1 Å². The summed E-state index contributed by atoms with van der Waals surface area (Å²) in [6.45, 7) is 3.44. The lowest BCUT2D eigenvalue weighted by molar-refractivity contribution is 0.0520. The molecular formula is C23H17ClF2N2O4. The summed E-state index contributed by atoms with van der Waals surface area (Å²) in [4.78, 5) is 30.9. The normalized spacial score (nSPS) is 11.0. The Hall–Kier alpha value is -3.65. The summed E-state index contributed by atoms with van der Waals surface area (Å²) in [6.07, 6.45) is 1.58. The first-order chi connectivity index (χ1) is 15.3. The minimum absolute atomic E-state index is 0.0875. The minimum atomic E-state index is -0.902. The number of aromatic nitrogens is 2. The topological polar surface area (TPSA) is 84.2 Å². The lowest BCUT2D eigenvalue weighted by atomic mass is 9.98. The van der Waals surface area contributed by atoms with Crippen molar-refractivity contribution in [2.75, 3.05) is 6.61 Å². The van der Waals surface area contributed by atoms with E-state index in [-0.39, 0.29) is 23.8 Å². The van der Waals surface area contributed by atoms with Gasteiger partial charge in [0.15, 0.2) is 11.6 Å². The zero-order valence-corrected chi connectivity index (χ0v) is 17.8. The van der Waals surface area contributed by atoms with Crippen molar-refractivity contribution in [2.24, 2.45) is 0 Å². The van der Waals surface area contributed by atoms with E-state index in [1.54, 1.807) is 20.0 Å². The highest BCUT2D eigenvalue weighted by molar-refractivity contribution is 6.31. The number of carbonyl (C=O) groups excluding carboxylic acids is 1. The van der Waals surface area contributed by atoms with Crippen molar-refractivity contribution >= 4 is 28.3 Å². The van der Waals surface area contributed by atoms with E-state index in [0.717, 1.165) is 12.1 Å². The second kappa shape index (κ2) is 8.47. The molecule has 0 bridgehead atoms. The number of hydrogen-bond donors (Lipinski definition) is 2. The second-order valence-electron chi connectivity index (χ2n) is 6.94. The summed E-state index contributed by atoms with van der Waals surface area (Å²) in [5.74, 6) is -2.49. The van der Waals surface area contributed by atoms with Gasteiger partial charge in [0.25, 0.3) is 5.56 Å². The zero-order chi connectivity index (χ0) is 23.0. The Morgan fingerprint density at radius 3 is 2.59 bits per heavy atom. The highest BCUT2D eigenvalue weighted by Gasteiger charge is 2.24. The maximum absolute atomic E-state index is 14.2. The summed E-state index contributed by atoms with van der Waals surface area (Å²) in [6, 6.07) is 7.45. The summed E-state index contributed by atoms with van der Waals surface area (Å²) in [7, 11) is 0. The third-order valence-electron chi connectivity index (χ3n) is 4.87. The van der Waals surface area contributed by atoms with Crippen LogP contribution in [0.4, 0.5) is 8.78 Å². The average Bonchev–Trinajstić information content (AvgIpc) is 3.13. The molecule has 4 aromatic rings. The fraction of sp³-hybridized carbons (Fsp3) is 0.130. The van der Waals surface area contributed by atoms with E-state index < -0.39 is 23.2 Å². The van der Waals surface area contributed by atoms with Gasteiger partial charge in [-0.05, 0) is 44.2 Å². The first kappa shape index (κ1) is 21.6. The molecule has 9 heteroatoms. The van der Waals surface area contributed by atoms with E-state index in [4.69, 9.17) is 21.1 Å². The monoisotopic (exact) mass is 458 g/mol. The molecule has 2 aromatic carbocycles. The Bertz CT molecular complexity index is 1410. The number of esters is 1. The van der Waals surface area contributed by atoms with Gasteiger partial charge in [-0.1, -0.05) is 11.6 Å². The summed E-state index contributed by atoms with van der Waals surface area (Å²) < 4.78 is 38.4. The number of hydrogen-bond acceptors (Lipinski definition) is 4. The molecule has 0 atom stereocenters. The largest absolute Gasteiger partial charge is 0.461 e. The first-order valence-electron chi connectivity index (χ1n) is 9.64. The van der Waals surface area contributed by atoms with Crippen LogP contribution in [0.3, 0.4) is 0 Å². The van der Waals surface area contributed by atoms with Crippen LogP contribution in [0.25, 0.3) is 21.9 Å². The molecule has 0 aliphatic heterocycles. The lowest BCUT2D eigenvalue weighted by Crippen LogP contribution is -2.17. The van der Waals surface area contributed by atoms with E-state index in [9.17, 15) is 18.4 Å². The molecule has 0 saturated carbocycles. The third kappa shape index (κ3) is 3.85. The van der Waals surface area contributed by atoms with E-state index in [1.807, 2.05) is 0 Å². The van der Waals surface area contributed by atoms with Crippen molar-refractivity contribution in [1.82, 2.24) is 9.97 Å². The second-order valence-corrected chi connectivity index (χ2v) is 7.38. The van der Waals surface area contributed by atoms with Gasteiger partial charge in [0.2, 0.25) is 0 Å². The van der Waals surface area contributed by atoms with Gasteiger partial charge >= 0.3 is 5.97 Å². The minimum Gasteiger partial charge on any atom is -0.461 e. The van der Waals surface area contributed by atoms with Crippen molar-refractivity contribution in [1.29, 1.82) is 0 Å². The number of benzene rings is 2. The van der Waals surface area contributed by atoms with Crippen LogP contribution in [0, 0.1) is 18.6 Å². The Morgan fingerprint density at radius 1 is 1.12 bits per heavy atom. The Labute approximate surface area is 185 Å². The Morgan fingerprint density at radius 2 is 1.88 bits per heavy atom. The number of ether oxygens (including phenoxy) is 2. The maximum atomic E-state index is 14.2. The standard InChI is InChI=1S/C23H17ClF2N2O4/c1-3-31-23(30)21-20(15-10-27-11(2)19(15)22(29)28-21)14-8-12(24)4-6-17(14)32-18-7-5-13(25)9-16(18)26/h4-10,27H,3H2,1-2H3,(H,28,29). The molecule has 0 radical (unpaired) electrons. The van der Waals surface area contributed by atoms with Crippen molar-refractivity contribution in [3.05, 3.63) is 81.0 Å². The fourth-order valence-corrected chi connectivity index (χ4v) is 3.66. The van der Waals surface area contributed by atoms with Gasteiger partial charge < -0.3 is 19.4 Å². The molecule has 0 unspecified atom stereocenters. The third-order valence-corrected chi connectivity index (χ3v) is 5.10. The molecule has 0 aliphatic carbocycles. The van der Waals surface area contributed by atoms with Crippen LogP contribution in [0.2, 0.25) is 5.02 Å². The number of rotatable bonds is 5. The highest BCUT2D eigenvalue weighted by Crippen LogP contribution is 2.40. The number of fused-ring (bicyclic) bond motifs is 1. The Balaban J connectivity index is 2.01.